The van der Waals surface area contributed by atoms with Crippen LogP contribution in [0.25, 0.3) is 0 Å². The van der Waals surface area contributed by atoms with Crippen molar-refractivity contribution in [2.45, 2.75) is 38.7 Å². The molecule has 0 aliphatic heterocycles. The maximum atomic E-state index is 10.4. The minimum atomic E-state index is -0.648. The average molecular weight is 475 g/mol. The summed E-state index contributed by atoms with van der Waals surface area (Å²) >= 11 is 0. The van der Waals surface area contributed by atoms with E-state index >= 15 is 0 Å². The van der Waals surface area contributed by atoms with Gasteiger partial charge < -0.3 is 20.1 Å². The Balaban J connectivity index is 0.00000625. The molecule has 0 spiro atoms. The molecule has 0 bridgehead atoms. The zero-order valence-corrected chi connectivity index (χ0v) is 18.6. The number of methoxy groups -OCH3 is 1. The van der Waals surface area contributed by atoms with Gasteiger partial charge in [-0.15, -0.1) is 30.6 Å². The quantitative estimate of drug-likeness (QED) is 0.167. The standard InChI is InChI=1S/C20H33N3O2.HI/c1-5-7-8-9-10-14-23(3)20(21-6-2)22-16-19(24)17-12-11-13-18(15-17)25-4;/h5,11-13,15,19,24H,1,6-10,14,16H2,2-4H3,(H,21,22);1H. The Morgan fingerprint density at radius 1 is 1.38 bits per heavy atom. The molecule has 0 heterocycles. The van der Waals surface area contributed by atoms with Gasteiger partial charge in [0.15, 0.2) is 5.96 Å². The molecule has 0 aliphatic rings. The van der Waals surface area contributed by atoms with Crippen LogP contribution in [0.3, 0.4) is 0 Å². The van der Waals surface area contributed by atoms with Gasteiger partial charge >= 0.3 is 0 Å². The van der Waals surface area contributed by atoms with Crippen molar-refractivity contribution in [1.82, 2.24) is 10.2 Å². The predicted molar refractivity (Wildman–Crippen MR) is 121 cm³/mol. The Labute approximate surface area is 175 Å². The monoisotopic (exact) mass is 475 g/mol. The van der Waals surface area contributed by atoms with Crippen LogP contribution >= 0.6 is 24.0 Å². The van der Waals surface area contributed by atoms with E-state index in [1.54, 1.807) is 7.11 Å². The number of unbranched alkanes of at least 4 members (excludes halogenated alkanes) is 3. The molecular weight excluding hydrogens is 441 g/mol. The lowest BCUT2D eigenvalue weighted by atomic mass is 10.1. The number of hydrogen-bond acceptors (Lipinski definition) is 3. The van der Waals surface area contributed by atoms with Gasteiger partial charge in [-0.25, -0.2) is 0 Å². The third-order valence-corrected chi connectivity index (χ3v) is 3.99. The minimum Gasteiger partial charge on any atom is -0.497 e. The second-order valence-electron chi connectivity index (χ2n) is 6.05. The first kappa shape index (κ1) is 24.7. The molecule has 0 aliphatic carbocycles. The molecule has 0 aromatic heterocycles. The molecule has 2 N–H and O–H groups in total. The molecule has 1 unspecified atom stereocenters. The summed E-state index contributed by atoms with van der Waals surface area (Å²) in [6.07, 6.45) is 5.87. The Bertz CT molecular complexity index is 538. The number of aliphatic imine (C=N–C) groups is 1. The number of benzene rings is 1. The van der Waals surface area contributed by atoms with Gasteiger partial charge in [-0.2, -0.15) is 0 Å². The zero-order valence-electron chi connectivity index (χ0n) is 16.3. The van der Waals surface area contributed by atoms with E-state index in [1.165, 1.54) is 12.8 Å². The van der Waals surface area contributed by atoms with Gasteiger partial charge in [0, 0.05) is 20.1 Å². The summed E-state index contributed by atoms with van der Waals surface area (Å²) in [4.78, 5) is 6.71. The molecule has 6 heteroatoms. The van der Waals surface area contributed by atoms with Gasteiger partial charge in [-0.1, -0.05) is 24.6 Å². The molecule has 1 rings (SSSR count). The first-order chi connectivity index (χ1) is 12.1. The van der Waals surface area contributed by atoms with E-state index in [0.717, 1.165) is 43.2 Å². The maximum absolute atomic E-state index is 10.4. The van der Waals surface area contributed by atoms with Gasteiger partial charge in [-0.3, -0.25) is 4.99 Å². The van der Waals surface area contributed by atoms with Crippen molar-refractivity contribution in [3.8, 4) is 5.75 Å². The maximum Gasteiger partial charge on any atom is 0.193 e. The first-order valence-corrected chi connectivity index (χ1v) is 9.04. The van der Waals surface area contributed by atoms with Gasteiger partial charge in [0.25, 0.3) is 0 Å². The zero-order chi connectivity index (χ0) is 18.5. The summed E-state index contributed by atoms with van der Waals surface area (Å²) in [6.45, 7) is 7.86. The van der Waals surface area contributed by atoms with Crippen LogP contribution in [0, 0.1) is 0 Å². The highest BCUT2D eigenvalue weighted by Crippen LogP contribution is 2.19. The van der Waals surface area contributed by atoms with E-state index < -0.39 is 6.10 Å². The minimum absolute atomic E-state index is 0. The lowest BCUT2D eigenvalue weighted by Gasteiger charge is -2.22. The largest absolute Gasteiger partial charge is 0.497 e. The Morgan fingerprint density at radius 3 is 2.81 bits per heavy atom. The summed E-state index contributed by atoms with van der Waals surface area (Å²) in [6, 6.07) is 7.47. The molecule has 0 radical (unpaired) electrons. The number of ether oxygens (including phenoxy) is 1. The smallest absolute Gasteiger partial charge is 0.193 e. The molecule has 1 atom stereocenters. The third-order valence-electron chi connectivity index (χ3n) is 3.99. The molecule has 0 fully saturated rings. The first-order valence-electron chi connectivity index (χ1n) is 9.04. The van der Waals surface area contributed by atoms with Crippen LogP contribution in [-0.4, -0.2) is 49.8 Å². The average Bonchev–Trinajstić information content (AvgIpc) is 2.64. The predicted octanol–water partition coefficient (Wildman–Crippen LogP) is 3.99. The highest BCUT2D eigenvalue weighted by atomic mass is 127. The number of allylic oxidation sites excluding steroid dienone is 1. The summed E-state index contributed by atoms with van der Waals surface area (Å²) < 4.78 is 5.21. The SMILES string of the molecule is C=CCCCCCN(C)C(=NCC(O)c1cccc(OC)c1)NCC.I. The van der Waals surface area contributed by atoms with Crippen LogP contribution in [0.15, 0.2) is 41.9 Å². The Hall–Kier alpha value is -1.28. The second kappa shape index (κ2) is 14.8. The molecule has 0 saturated heterocycles. The molecule has 0 saturated carbocycles. The van der Waals surface area contributed by atoms with Gasteiger partial charge in [0.1, 0.15) is 5.75 Å². The van der Waals surface area contributed by atoms with Gasteiger partial charge in [0.2, 0.25) is 0 Å². The van der Waals surface area contributed by atoms with Crippen molar-refractivity contribution < 1.29 is 9.84 Å². The molecule has 0 amide bonds. The van der Waals surface area contributed by atoms with Gasteiger partial charge in [0.05, 0.1) is 19.8 Å². The van der Waals surface area contributed by atoms with Crippen molar-refractivity contribution in [3.63, 3.8) is 0 Å². The third kappa shape index (κ3) is 9.43. The lowest BCUT2D eigenvalue weighted by molar-refractivity contribution is 0.186. The van der Waals surface area contributed by atoms with Crippen LogP contribution in [0.2, 0.25) is 0 Å². The van der Waals surface area contributed by atoms with Crippen LogP contribution in [0.4, 0.5) is 0 Å². The molecule has 148 valence electrons. The highest BCUT2D eigenvalue weighted by molar-refractivity contribution is 14.0. The normalized spacial score (nSPS) is 12.1. The number of nitrogens with zero attached hydrogens (tertiary/aromatic N) is 2. The van der Waals surface area contributed by atoms with Crippen molar-refractivity contribution in [3.05, 3.63) is 42.5 Å². The van der Waals surface area contributed by atoms with Crippen LogP contribution < -0.4 is 10.1 Å². The van der Waals surface area contributed by atoms with Gasteiger partial charge in [-0.05, 0) is 43.9 Å². The molecule has 1 aromatic carbocycles. The van der Waals surface area contributed by atoms with Crippen LogP contribution in [-0.2, 0) is 0 Å². The summed E-state index contributed by atoms with van der Waals surface area (Å²) in [5.74, 6) is 1.57. The molecule has 26 heavy (non-hydrogen) atoms. The van der Waals surface area contributed by atoms with E-state index in [1.807, 2.05) is 44.3 Å². The highest BCUT2D eigenvalue weighted by Gasteiger charge is 2.10. The van der Waals surface area contributed by atoms with E-state index in [4.69, 9.17) is 4.74 Å². The summed E-state index contributed by atoms with van der Waals surface area (Å²) in [5, 5.41) is 13.7. The van der Waals surface area contributed by atoms with E-state index in [2.05, 4.69) is 21.8 Å². The number of halogens is 1. The Morgan fingerprint density at radius 2 is 2.15 bits per heavy atom. The molecule has 1 aromatic rings. The summed E-state index contributed by atoms with van der Waals surface area (Å²) in [5.41, 5.74) is 0.811. The number of aliphatic hydroxyl groups is 1. The van der Waals surface area contributed by atoms with Crippen molar-refractivity contribution in [1.29, 1.82) is 0 Å². The fraction of sp³-hybridized carbons (Fsp3) is 0.550. The lowest BCUT2D eigenvalue weighted by Crippen LogP contribution is -2.39. The number of rotatable bonds is 11. The number of nitrogens with one attached hydrogen (secondary N) is 1. The van der Waals surface area contributed by atoms with Crippen molar-refractivity contribution in [2.24, 2.45) is 4.99 Å². The van der Waals surface area contributed by atoms with E-state index in [9.17, 15) is 5.11 Å². The second-order valence-corrected chi connectivity index (χ2v) is 6.05. The Kier molecular flexibility index (Phi) is 14.1. The van der Waals surface area contributed by atoms with Crippen molar-refractivity contribution >= 4 is 29.9 Å². The van der Waals surface area contributed by atoms with Crippen LogP contribution in [0.5, 0.6) is 5.75 Å². The van der Waals surface area contributed by atoms with Crippen molar-refractivity contribution in [2.75, 3.05) is 33.8 Å². The van der Waals surface area contributed by atoms with E-state index in [0.29, 0.717) is 6.54 Å². The van der Waals surface area contributed by atoms with Crippen LogP contribution in [0.1, 0.15) is 44.3 Å². The fourth-order valence-corrected chi connectivity index (χ4v) is 2.52. The van der Waals surface area contributed by atoms with E-state index in [-0.39, 0.29) is 24.0 Å². The number of hydrogen-bond donors (Lipinski definition) is 2. The number of aliphatic hydroxyl groups excluding tert-OH is 1. The number of guanidine groups is 1. The topological polar surface area (TPSA) is 57.1 Å². The fourth-order valence-electron chi connectivity index (χ4n) is 2.52. The summed E-state index contributed by atoms with van der Waals surface area (Å²) in [7, 11) is 3.66. The molecule has 5 nitrogen and oxygen atoms in total. The molecular formula is C20H34IN3O2.